The maximum absolute atomic E-state index is 4.30. The van der Waals surface area contributed by atoms with Gasteiger partial charge in [-0.25, -0.2) is 0 Å². The SMILES string of the molecule is CCNCCCc1ccn(C)n1. The quantitative estimate of drug-likeness (QED) is 0.662. The molecule has 0 atom stereocenters. The lowest BCUT2D eigenvalue weighted by Crippen LogP contribution is -2.14. The Bertz CT molecular complexity index is 217. The van der Waals surface area contributed by atoms with Gasteiger partial charge in [0.2, 0.25) is 0 Å². The second-order valence-corrected chi connectivity index (χ2v) is 2.94. The molecule has 0 aliphatic carbocycles. The molecule has 0 fully saturated rings. The minimum Gasteiger partial charge on any atom is -0.317 e. The second kappa shape index (κ2) is 4.93. The third-order valence-electron chi connectivity index (χ3n) is 1.81. The van der Waals surface area contributed by atoms with Crippen LogP contribution in [0.1, 0.15) is 19.0 Å². The van der Waals surface area contributed by atoms with Gasteiger partial charge in [-0.3, -0.25) is 4.68 Å². The van der Waals surface area contributed by atoms with Crippen LogP contribution in [-0.4, -0.2) is 22.9 Å². The minimum atomic E-state index is 1.06. The number of nitrogens with one attached hydrogen (secondary N) is 1. The summed E-state index contributed by atoms with van der Waals surface area (Å²) in [5, 5.41) is 7.59. The molecule has 0 saturated heterocycles. The summed E-state index contributed by atoms with van der Waals surface area (Å²) < 4.78 is 1.85. The van der Waals surface area contributed by atoms with E-state index in [0.29, 0.717) is 0 Å². The lowest BCUT2D eigenvalue weighted by atomic mass is 10.2. The van der Waals surface area contributed by atoms with Gasteiger partial charge in [0, 0.05) is 13.2 Å². The first kappa shape index (κ1) is 9.26. The van der Waals surface area contributed by atoms with Gasteiger partial charge in [-0.2, -0.15) is 5.10 Å². The van der Waals surface area contributed by atoms with Gasteiger partial charge in [-0.15, -0.1) is 0 Å². The van der Waals surface area contributed by atoms with Crippen molar-refractivity contribution in [2.24, 2.45) is 7.05 Å². The topological polar surface area (TPSA) is 29.9 Å². The van der Waals surface area contributed by atoms with Crippen LogP contribution in [0.3, 0.4) is 0 Å². The van der Waals surface area contributed by atoms with Gasteiger partial charge < -0.3 is 5.32 Å². The molecular weight excluding hydrogens is 150 g/mol. The third kappa shape index (κ3) is 3.05. The summed E-state index contributed by atoms with van der Waals surface area (Å²) in [6, 6.07) is 2.08. The Morgan fingerprint density at radius 2 is 2.42 bits per heavy atom. The van der Waals surface area contributed by atoms with Crippen LogP contribution in [-0.2, 0) is 13.5 Å². The van der Waals surface area contributed by atoms with E-state index in [1.54, 1.807) is 0 Å². The molecule has 1 N–H and O–H groups in total. The largest absolute Gasteiger partial charge is 0.317 e. The zero-order valence-corrected chi connectivity index (χ0v) is 7.88. The van der Waals surface area contributed by atoms with E-state index in [9.17, 15) is 0 Å². The monoisotopic (exact) mass is 167 g/mol. The molecule has 0 aliphatic heterocycles. The fraction of sp³-hybridized carbons (Fsp3) is 0.667. The average molecular weight is 167 g/mol. The highest BCUT2D eigenvalue weighted by atomic mass is 15.2. The first-order valence-electron chi connectivity index (χ1n) is 4.52. The van der Waals surface area contributed by atoms with Gasteiger partial charge in [0.1, 0.15) is 0 Å². The van der Waals surface area contributed by atoms with Crippen molar-refractivity contribution in [3.63, 3.8) is 0 Å². The summed E-state index contributed by atoms with van der Waals surface area (Å²) in [5.74, 6) is 0. The standard InChI is InChI=1S/C9H17N3/c1-3-10-7-4-5-9-6-8-12(2)11-9/h6,8,10H,3-5,7H2,1-2H3. The van der Waals surface area contributed by atoms with Gasteiger partial charge in [0.15, 0.2) is 0 Å². The van der Waals surface area contributed by atoms with Crippen LogP contribution in [0, 0.1) is 0 Å². The van der Waals surface area contributed by atoms with Crippen molar-refractivity contribution < 1.29 is 0 Å². The predicted octanol–water partition coefficient (Wildman–Crippen LogP) is 0.962. The van der Waals surface area contributed by atoms with E-state index >= 15 is 0 Å². The highest BCUT2D eigenvalue weighted by Gasteiger charge is 1.95. The molecule has 0 amide bonds. The van der Waals surface area contributed by atoms with Crippen molar-refractivity contribution in [1.29, 1.82) is 0 Å². The molecule has 0 aromatic carbocycles. The normalized spacial score (nSPS) is 10.5. The van der Waals surface area contributed by atoms with Crippen LogP contribution < -0.4 is 5.32 Å². The van der Waals surface area contributed by atoms with Crippen LogP contribution in [0.5, 0.6) is 0 Å². The van der Waals surface area contributed by atoms with Crippen LogP contribution >= 0.6 is 0 Å². The second-order valence-electron chi connectivity index (χ2n) is 2.94. The Hall–Kier alpha value is -0.830. The summed E-state index contributed by atoms with van der Waals surface area (Å²) in [5.41, 5.74) is 1.19. The van der Waals surface area contributed by atoms with Gasteiger partial charge >= 0.3 is 0 Å². The molecule has 0 saturated carbocycles. The molecule has 1 heterocycles. The molecule has 1 aromatic heterocycles. The lowest BCUT2D eigenvalue weighted by molar-refractivity contribution is 0.656. The fourth-order valence-corrected chi connectivity index (χ4v) is 1.17. The van der Waals surface area contributed by atoms with Crippen molar-refractivity contribution in [2.45, 2.75) is 19.8 Å². The van der Waals surface area contributed by atoms with Crippen molar-refractivity contribution in [2.75, 3.05) is 13.1 Å². The summed E-state index contributed by atoms with van der Waals surface area (Å²) in [6.07, 6.45) is 4.24. The molecule has 12 heavy (non-hydrogen) atoms. The molecule has 0 radical (unpaired) electrons. The lowest BCUT2D eigenvalue weighted by Gasteiger charge is -1.98. The highest BCUT2D eigenvalue weighted by Crippen LogP contribution is 1.97. The molecular formula is C9H17N3. The summed E-state index contributed by atoms with van der Waals surface area (Å²) in [7, 11) is 1.95. The molecule has 3 heteroatoms. The molecule has 1 aromatic rings. The summed E-state index contributed by atoms with van der Waals surface area (Å²) >= 11 is 0. The first-order chi connectivity index (χ1) is 5.83. The number of rotatable bonds is 5. The number of hydrogen-bond donors (Lipinski definition) is 1. The van der Waals surface area contributed by atoms with Gasteiger partial charge in [-0.1, -0.05) is 6.92 Å². The Morgan fingerprint density at radius 1 is 1.58 bits per heavy atom. The van der Waals surface area contributed by atoms with E-state index in [4.69, 9.17) is 0 Å². The smallest absolute Gasteiger partial charge is 0.0624 e. The predicted molar refractivity (Wildman–Crippen MR) is 50.1 cm³/mol. The maximum atomic E-state index is 4.30. The zero-order chi connectivity index (χ0) is 8.81. The Kier molecular flexibility index (Phi) is 3.80. The molecule has 3 nitrogen and oxygen atoms in total. The summed E-state index contributed by atoms with van der Waals surface area (Å²) in [6.45, 7) is 4.27. The number of hydrogen-bond acceptors (Lipinski definition) is 2. The molecule has 0 spiro atoms. The molecule has 1 rings (SSSR count). The van der Waals surface area contributed by atoms with Crippen molar-refractivity contribution in [3.05, 3.63) is 18.0 Å². The Balaban J connectivity index is 2.15. The first-order valence-corrected chi connectivity index (χ1v) is 4.52. The molecule has 0 aliphatic rings. The van der Waals surface area contributed by atoms with Crippen LogP contribution in [0.15, 0.2) is 12.3 Å². The van der Waals surface area contributed by atoms with Crippen molar-refractivity contribution in [1.82, 2.24) is 15.1 Å². The van der Waals surface area contributed by atoms with Gasteiger partial charge in [0.25, 0.3) is 0 Å². The van der Waals surface area contributed by atoms with E-state index in [0.717, 1.165) is 19.5 Å². The van der Waals surface area contributed by atoms with E-state index in [-0.39, 0.29) is 0 Å². The molecule has 0 unspecified atom stereocenters. The number of aryl methyl sites for hydroxylation is 2. The van der Waals surface area contributed by atoms with Crippen molar-refractivity contribution >= 4 is 0 Å². The van der Waals surface area contributed by atoms with Crippen LogP contribution in [0.25, 0.3) is 0 Å². The highest BCUT2D eigenvalue weighted by molar-refractivity contribution is 4.98. The summed E-state index contributed by atoms with van der Waals surface area (Å²) in [4.78, 5) is 0. The minimum absolute atomic E-state index is 1.06. The number of nitrogens with zero attached hydrogens (tertiary/aromatic N) is 2. The Morgan fingerprint density at radius 3 is 3.00 bits per heavy atom. The van der Waals surface area contributed by atoms with E-state index in [2.05, 4.69) is 23.4 Å². The maximum Gasteiger partial charge on any atom is 0.0624 e. The Labute approximate surface area is 73.8 Å². The van der Waals surface area contributed by atoms with Gasteiger partial charge in [0.05, 0.1) is 5.69 Å². The van der Waals surface area contributed by atoms with Crippen LogP contribution in [0.4, 0.5) is 0 Å². The fourth-order valence-electron chi connectivity index (χ4n) is 1.17. The average Bonchev–Trinajstić information content (AvgIpc) is 2.45. The van der Waals surface area contributed by atoms with Gasteiger partial charge in [-0.05, 0) is 32.0 Å². The number of aromatic nitrogens is 2. The molecule has 0 bridgehead atoms. The van der Waals surface area contributed by atoms with Crippen LogP contribution in [0.2, 0.25) is 0 Å². The third-order valence-corrected chi connectivity index (χ3v) is 1.81. The van der Waals surface area contributed by atoms with E-state index in [1.807, 2.05) is 17.9 Å². The molecule has 68 valence electrons. The van der Waals surface area contributed by atoms with E-state index < -0.39 is 0 Å². The zero-order valence-electron chi connectivity index (χ0n) is 7.88. The van der Waals surface area contributed by atoms with Crippen molar-refractivity contribution in [3.8, 4) is 0 Å². The van der Waals surface area contributed by atoms with E-state index in [1.165, 1.54) is 12.1 Å².